The zero-order chi connectivity index (χ0) is 20.8. The fourth-order valence-corrected chi connectivity index (χ4v) is 5.30. The molecule has 0 aliphatic heterocycles. The van der Waals surface area contributed by atoms with E-state index < -0.39 is 14.8 Å². The normalized spacial score (nSPS) is 12.2. The van der Waals surface area contributed by atoms with Crippen LogP contribution in [0.4, 0.5) is 0 Å². The van der Waals surface area contributed by atoms with E-state index in [9.17, 15) is 14.7 Å². The van der Waals surface area contributed by atoms with E-state index in [2.05, 4.69) is 0 Å². The Kier molecular flexibility index (Phi) is 13.5. The van der Waals surface area contributed by atoms with Crippen LogP contribution in [-0.4, -0.2) is 78.8 Å². The number of rotatable bonds is 17. The number of aliphatic carboxylic acids is 1. The van der Waals surface area contributed by atoms with Gasteiger partial charge in [0.05, 0.1) is 20.6 Å². The number of hydrogen-bond acceptors (Lipinski definition) is 7. The highest BCUT2D eigenvalue weighted by Gasteiger charge is 2.39. The molecule has 160 valence electrons. The zero-order valence-corrected chi connectivity index (χ0v) is 18.6. The van der Waals surface area contributed by atoms with Crippen molar-refractivity contribution in [3.63, 3.8) is 0 Å². The molecule has 27 heavy (non-hydrogen) atoms. The Balaban J connectivity index is 4.18. The molecule has 0 spiro atoms. The van der Waals surface area contributed by atoms with E-state index >= 15 is 0 Å². The molecule has 0 aromatic carbocycles. The van der Waals surface area contributed by atoms with Gasteiger partial charge in [-0.05, 0) is 33.6 Å². The van der Waals surface area contributed by atoms with Crippen molar-refractivity contribution in [2.24, 2.45) is 0 Å². The van der Waals surface area contributed by atoms with Crippen LogP contribution in [0, 0.1) is 0 Å². The van der Waals surface area contributed by atoms with E-state index in [4.69, 9.17) is 18.0 Å². The monoisotopic (exact) mass is 407 g/mol. The predicted molar refractivity (Wildman–Crippen MR) is 102 cm³/mol. The van der Waals surface area contributed by atoms with Crippen LogP contribution in [0.1, 0.15) is 46.5 Å². The van der Waals surface area contributed by atoms with E-state index in [0.29, 0.717) is 69.3 Å². The van der Waals surface area contributed by atoms with E-state index in [1.807, 2.05) is 34.9 Å². The number of carbonyl (C=O) groups excluding carboxylic acids is 2. The summed E-state index contributed by atoms with van der Waals surface area (Å²) in [4.78, 5) is 22.4. The molecule has 0 N–H and O–H groups in total. The van der Waals surface area contributed by atoms with E-state index in [0.717, 1.165) is 0 Å². The first kappa shape index (κ1) is 26.0. The second-order valence-corrected chi connectivity index (χ2v) is 9.65. The Morgan fingerprint density at radius 3 is 1.93 bits per heavy atom. The maximum absolute atomic E-state index is 12.0. The summed E-state index contributed by atoms with van der Waals surface area (Å²) in [6, 6.07) is 0.586. The number of hydrogen-bond donors (Lipinski definition) is 0. The first-order valence-electron chi connectivity index (χ1n) is 9.79. The maximum atomic E-state index is 12.0. The van der Waals surface area contributed by atoms with Crippen molar-refractivity contribution in [3.8, 4) is 0 Å². The third-order valence-corrected chi connectivity index (χ3v) is 7.21. The number of nitrogens with zero attached hydrogens (tertiary/aromatic N) is 1. The quantitative estimate of drug-likeness (QED) is 0.201. The summed E-state index contributed by atoms with van der Waals surface area (Å²) in [5.41, 5.74) is 0. The van der Waals surface area contributed by atoms with Gasteiger partial charge in [0, 0.05) is 44.7 Å². The second kappa shape index (κ2) is 14.1. The van der Waals surface area contributed by atoms with Crippen molar-refractivity contribution in [1.82, 2.24) is 0 Å². The van der Waals surface area contributed by atoms with E-state index in [-0.39, 0.29) is 12.4 Å². The Hall–Kier alpha value is -1.00. The number of quaternary nitrogens is 1. The summed E-state index contributed by atoms with van der Waals surface area (Å²) in [5, 5.41) is 10.5. The van der Waals surface area contributed by atoms with E-state index in [1.54, 1.807) is 0 Å². The second-order valence-electron chi connectivity index (χ2n) is 6.91. The number of esters is 1. The van der Waals surface area contributed by atoms with Gasteiger partial charge in [0.25, 0.3) is 0 Å². The van der Waals surface area contributed by atoms with Crippen molar-refractivity contribution in [2.75, 3.05) is 53.6 Å². The summed E-state index contributed by atoms with van der Waals surface area (Å²) in [6.07, 6.45) is 1.48. The van der Waals surface area contributed by atoms with Crippen molar-refractivity contribution in [2.45, 2.75) is 52.5 Å². The van der Waals surface area contributed by atoms with Gasteiger partial charge in [0.2, 0.25) is 0 Å². The number of carboxylic acids is 1. The molecule has 0 radical (unpaired) electrons. The number of carboxylic acid groups (broad SMARTS) is 1. The van der Waals surface area contributed by atoms with Crippen LogP contribution in [0.25, 0.3) is 0 Å². The molecule has 0 atom stereocenters. The third kappa shape index (κ3) is 12.9. The average Bonchev–Trinajstić information content (AvgIpc) is 2.54. The number of likely N-dealkylation sites (N-methyl/N-ethyl adjacent to an activating group) is 1. The van der Waals surface area contributed by atoms with Crippen LogP contribution in [0.5, 0.6) is 0 Å². The van der Waals surface area contributed by atoms with Crippen molar-refractivity contribution in [3.05, 3.63) is 0 Å². The smallest absolute Gasteiger partial charge is 0.500 e. The highest BCUT2D eigenvalue weighted by molar-refractivity contribution is 6.60. The molecule has 0 unspecified atom stereocenters. The predicted octanol–water partition coefficient (Wildman–Crippen LogP) is 0.965. The van der Waals surface area contributed by atoms with Crippen LogP contribution >= 0.6 is 0 Å². The van der Waals surface area contributed by atoms with Crippen LogP contribution in [-0.2, 0) is 27.6 Å². The lowest BCUT2D eigenvalue weighted by atomic mass is 10.3. The fourth-order valence-electron chi connectivity index (χ4n) is 2.69. The van der Waals surface area contributed by atoms with Gasteiger partial charge >= 0.3 is 14.8 Å². The van der Waals surface area contributed by atoms with Crippen LogP contribution in [0.3, 0.4) is 0 Å². The van der Waals surface area contributed by atoms with Gasteiger partial charge in [0.15, 0.2) is 0 Å². The van der Waals surface area contributed by atoms with Crippen LogP contribution < -0.4 is 5.11 Å². The molecule has 0 rings (SSSR count). The van der Waals surface area contributed by atoms with Crippen LogP contribution in [0.2, 0.25) is 6.04 Å². The maximum Gasteiger partial charge on any atom is 0.500 e. The molecule has 9 heteroatoms. The van der Waals surface area contributed by atoms with Gasteiger partial charge in [-0.15, -0.1) is 0 Å². The Bertz CT molecular complexity index is 415. The summed E-state index contributed by atoms with van der Waals surface area (Å²) in [6.45, 7) is 8.89. The van der Waals surface area contributed by atoms with Gasteiger partial charge < -0.3 is 32.4 Å². The van der Waals surface area contributed by atoms with Gasteiger partial charge in [-0.2, -0.15) is 0 Å². The topological polar surface area (TPSA) is 94.1 Å². The van der Waals surface area contributed by atoms with Gasteiger partial charge in [-0.25, -0.2) is 0 Å². The minimum Gasteiger partial charge on any atom is -0.550 e. The molecule has 0 fully saturated rings. The van der Waals surface area contributed by atoms with Crippen LogP contribution in [0.15, 0.2) is 0 Å². The molecule has 0 aromatic heterocycles. The minimum atomic E-state index is -2.71. The lowest BCUT2D eigenvalue weighted by molar-refractivity contribution is -0.890. The summed E-state index contributed by atoms with van der Waals surface area (Å²) in [7, 11) is 1.25. The largest absolute Gasteiger partial charge is 0.550 e. The fraction of sp³-hybridized carbons (Fsp3) is 0.889. The average molecular weight is 408 g/mol. The number of carbonyl (C=O) groups is 2. The van der Waals surface area contributed by atoms with Crippen molar-refractivity contribution in [1.29, 1.82) is 0 Å². The highest BCUT2D eigenvalue weighted by Crippen LogP contribution is 2.19. The van der Waals surface area contributed by atoms with Gasteiger partial charge in [0.1, 0.15) is 13.2 Å². The first-order chi connectivity index (χ1) is 12.7. The lowest BCUT2D eigenvalue weighted by Gasteiger charge is -2.29. The highest BCUT2D eigenvalue weighted by atomic mass is 28.4. The molecular formula is C18H37NO7Si. The molecule has 0 saturated heterocycles. The molecular weight excluding hydrogens is 370 g/mol. The molecule has 0 amide bonds. The molecule has 0 bridgehead atoms. The summed E-state index contributed by atoms with van der Waals surface area (Å²) >= 11 is 0. The molecule has 0 saturated carbocycles. The zero-order valence-electron chi connectivity index (χ0n) is 17.6. The molecule has 0 aliphatic rings. The van der Waals surface area contributed by atoms with E-state index in [1.165, 1.54) is 0 Å². The molecule has 8 nitrogen and oxygen atoms in total. The third-order valence-electron chi connectivity index (χ3n) is 4.06. The summed E-state index contributed by atoms with van der Waals surface area (Å²) < 4.78 is 23.2. The standard InChI is InChI=1S/C18H37NO7Si/c1-6-24-27(25-7-2,26-8-3)16-10-12-18(22)23-15-14-19(4,5)13-9-11-17(20)21/h6-16H2,1-5H3. The molecule has 0 aliphatic carbocycles. The Labute approximate surface area is 164 Å². The molecule has 0 heterocycles. The Morgan fingerprint density at radius 1 is 0.889 bits per heavy atom. The van der Waals surface area contributed by atoms with Crippen molar-refractivity contribution < 1.29 is 37.2 Å². The number of ether oxygens (including phenoxy) is 1. The SMILES string of the molecule is CCO[Si](CCCC(=O)OCC[N+](C)(C)CCCC(=O)[O-])(OCC)OCC. The summed E-state index contributed by atoms with van der Waals surface area (Å²) in [5.74, 6) is -1.29. The van der Waals surface area contributed by atoms with Gasteiger partial charge in [-0.3, -0.25) is 4.79 Å². The van der Waals surface area contributed by atoms with Gasteiger partial charge in [-0.1, -0.05) is 0 Å². The minimum absolute atomic E-state index is 0.0482. The first-order valence-corrected chi connectivity index (χ1v) is 11.7. The van der Waals surface area contributed by atoms with Crippen molar-refractivity contribution >= 4 is 20.7 Å². The lowest BCUT2D eigenvalue weighted by Crippen LogP contribution is -2.46. The Morgan fingerprint density at radius 2 is 1.44 bits per heavy atom. The molecule has 0 aromatic rings.